The van der Waals surface area contributed by atoms with Crippen molar-refractivity contribution < 1.29 is 19.1 Å². The number of fused-ring (bicyclic) bond motifs is 1. The number of pyridine rings is 1. The summed E-state index contributed by atoms with van der Waals surface area (Å²) in [6, 6.07) is 11.4. The Morgan fingerprint density at radius 1 is 1.13 bits per heavy atom. The minimum Gasteiger partial charge on any atom is -0.457 e. The van der Waals surface area contributed by atoms with E-state index in [1.54, 1.807) is 32.9 Å². The minimum atomic E-state index is -0.620. The van der Waals surface area contributed by atoms with Crippen LogP contribution in [0.5, 0.6) is 0 Å². The first-order valence-corrected chi connectivity index (χ1v) is 7.26. The van der Waals surface area contributed by atoms with E-state index in [2.05, 4.69) is 4.98 Å². The Kier molecular flexibility index (Phi) is 5.11. The molecule has 0 radical (unpaired) electrons. The van der Waals surface area contributed by atoms with Crippen molar-refractivity contribution in [3.63, 3.8) is 0 Å². The van der Waals surface area contributed by atoms with Crippen LogP contribution in [0.15, 0.2) is 42.5 Å². The lowest BCUT2D eigenvalue weighted by Gasteiger charge is -2.19. The van der Waals surface area contributed by atoms with Crippen LogP contribution in [0, 0.1) is 0 Å². The van der Waals surface area contributed by atoms with Gasteiger partial charge in [-0.05, 0) is 39.0 Å². The molecule has 0 spiro atoms. The maximum Gasteiger partial charge on any atom is 0.344 e. The van der Waals surface area contributed by atoms with Crippen LogP contribution in [-0.4, -0.2) is 29.1 Å². The molecule has 5 nitrogen and oxygen atoms in total. The maximum absolute atomic E-state index is 11.6. The van der Waals surface area contributed by atoms with Crippen LogP contribution in [0.3, 0.4) is 0 Å². The van der Waals surface area contributed by atoms with Crippen LogP contribution in [0.2, 0.25) is 0 Å². The number of carbonyl (C=O) groups excluding carboxylic acids is 2. The van der Waals surface area contributed by atoms with Crippen molar-refractivity contribution in [1.82, 2.24) is 4.98 Å². The van der Waals surface area contributed by atoms with Crippen LogP contribution >= 0.6 is 0 Å². The molecule has 0 aliphatic heterocycles. The molecular formula is C18H19NO4. The molecule has 0 amide bonds. The van der Waals surface area contributed by atoms with Crippen molar-refractivity contribution in [1.29, 1.82) is 0 Å². The van der Waals surface area contributed by atoms with Gasteiger partial charge in [0, 0.05) is 11.5 Å². The number of rotatable bonds is 4. The Hall–Kier alpha value is -2.69. The number of aromatic nitrogens is 1. The Labute approximate surface area is 134 Å². The highest BCUT2D eigenvalue weighted by Gasteiger charge is 2.17. The second-order valence-electron chi connectivity index (χ2n) is 5.96. The lowest BCUT2D eigenvalue weighted by Crippen LogP contribution is -2.27. The Balaban J connectivity index is 1.91. The first kappa shape index (κ1) is 16.7. The Bertz CT molecular complexity index is 744. The van der Waals surface area contributed by atoms with Crippen LogP contribution < -0.4 is 0 Å². The lowest BCUT2D eigenvalue weighted by atomic mass is 10.2. The van der Waals surface area contributed by atoms with E-state index >= 15 is 0 Å². The fourth-order valence-electron chi connectivity index (χ4n) is 1.88. The molecular weight excluding hydrogens is 294 g/mol. The van der Waals surface area contributed by atoms with E-state index < -0.39 is 24.1 Å². The van der Waals surface area contributed by atoms with Gasteiger partial charge in [0.1, 0.15) is 5.60 Å². The normalized spacial score (nSPS) is 11.6. The van der Waals surface area contributed by atoms with Gasteiger partial charge in [0.15, 0.2) is 6.61 Å². The third-order valence-corrected chi connectivity index (χ3v) is 2.76. The number of hydrogen-bond acceptors (Lipinski definition) is 5. The highest BCUT2D eigenvalue weighted by atomic mass is 16.6. The fourth-order valence-corrected chi connectivity index (χ4v) is 1.88. The van der Waals surface area contributed by atoms with E-state index in [-0.39, 0.29) is 0 Å². The van der Waals surface area contributed by atoms with Gasteiger partial charge < -0.3 is 9.47 Å². The number of carbonyl (C=O) groups is 2. The van der Waals surface area contributed by atoms with Gasteiger partial charge in [-0.1, -0.05) is 24.3 Å². The SMILES string of the molecule is CC(C)(C)OC(=O)COC(=O)/C=C/c1ccc2ccccc2n1. The molecule has 0 saturated heterocycles. The monoisotopic (exact) mass is 313 g/mol. The summed E-state index contributed by atoms with van der Waals surface area (Å²) in [5, 5.41) is 1.03. The summed E-state index contributed by atoms with van der Waals surface area (Å²) in [5.74, 6) is -1.20. The van der Waals surface area contributed by atoms with Crippen LogP contribution in [0.4, 0.5) is 0 Å². The molecule has 2 rings (SSSR count). The molecule has 0 aliphatic rings. The summed E-state index contributed by atoms with van der Waals surface area (Å²) in [4.78, 5) is 27.5. The largest absolute Gasteiger partial charge is 0.457 e. The van der Waals surface area contributed by atoms with Crippen LogP contribution in [0.1, 0.15) is 26.5 Å². The molecule has 0 fully saturated rings. The zero-order valence-corrected chi connectivity index (χ0v) is 13.4. The van der Waals surface area contributed by atoms with E-state index in [1.165, 1.54) is 6.08 Å². The van der Waals surface area contributed by atoms with Crippen molar-refractivity contribution in [2.24, 2.45) is 0 Å². The molecule has 120 valence electrons. The molecule has 5 heteroatoms. The molecule has 0 atom stereocenters. The Morgan fingerprint density at radius 2 is 1.87 bits per heavy atom. The standard InChI is InChI=1S/C18H19NO4/c1-18(2,3)23-17(21)12-22-16(20)11-10-14-9-8-13-6-4-5-7-15(13)19-14/h4-11H,12H2,1-3H3/b11-10+. The predicted molar refractivity (Wildman–Crippen MR) is 87.6 cm³/mol. The summed E-state index contributed by atoms with van der Waals surface area (Å²) < 4.78 is 9.88. The van der Waals surface area contributed by atoms with Crippen molar-refractivity contribution in [2.75, 3.05) is 6.61 Å². The third-order valence-electron chi connectivity index (χ3n) is 2.76. The second kappa shape index (κ2) is 7.05. The molecule has 2 aromatic rings. The van der Waals surface area contributed by atoms with Gasteiger partial charge >= 0.3 is 11.9 Å². The molecule has 0 N–H and O–H groups in total. The average molecular weight is 313 g/mol. The van der Waals surface area contributed by atoms with Crippen LogP contribution in [0.25, 0.3) is 17.0 Å². The average Bonchev–Trinajstić information content (AvgIpc) is 2.49. The second-order valence-corrected chi connectivity index (χ2v) is 5.96. The topological polar surface area (TPSA) is 65.5 Å². The summed E-state index contributed by atoms with van der Waals surface area (Å²) in [7, 11) is 0. The summed E-state index contributed by atoms with van der Waals surface area (Å²) >= 11 is 0. The molecule has 0 aliphatic carbocycles. The molecule has 1 aromatic carbocycles. The fraction of sp³-hybridized carbons (Fsp3) is 0.278. The minimum absolute atomic E-state index is 0.411. The van der Waals surface area contributed by atoms with E-state index in [0.717, 1.165) is 10.9 Å². The molecule has 1 aromatic heterocycles. The quantitative estimate of drug-likeness (QED) is 0.641. The smallest absolute Gasteiger partial charge is 0.344 e. The van der Waals surface area contributed by atoms with Crippen LogP contribution in [-0.2, 0) is 19.1 Å². The van der Waals surface area contributed by atoms with Gasteiger partial charge in [0.25, 0.3) is 0 Å². The van der Waals surface area contributed by atoms with E-state index in [9.17, 15) is 9.59 Å². The highest BCUT2D eigenvalue weighted by molar-refractivity contribution is 5.89. The third kappa shape index (κ3) is 5.54. The number of esters is 2. The van der Waals surface area contributed by atoms with Gasteiger partial charge in [-0.3, -0.25) is 0 Å². The zero-order chi connectivity index (χ0) is 16.9. The zero-order valence-electron chi connectivity index (χ0n) is 13.4. The number of nitrogens with zero attached hydrogens (tertiary/aromatic N) is 1. The van der Waals surface area contributed by atoms with Gasteiger partial charge in [-0.25, -0.2) is 14.6 Å². The lowest BCUT2D eigenvalue weighted by molar-refractivity contribution is -0.164. The highest BCUT2D eigenvalue weighted by Crippen LogP contribution is 2.12. The van der Waals surface area contributed by atoms with Gasteiger partial charge in [-0.2, -0.15) is 0 Å². The van der Waals surface area contributed by atoms with Crippen molar-refractivity contribution >= 4 is 28.9 Å². The Morgan fingerprint density at radius 3 is 2.61 bits per heavy atom. The summed E-state index contributed by atoms with van der Waals surface area (Å²) in [5.41, 5.74) is 0.878. The van der Waals surface area contributed by atoms with E-state index in [0.29, 0.717) is 5.69 Å². The van der Waals surface area contributed by atoms with E-state index in [4.69, 9.17) is 9.47 Å². The van der Waals surface area contributed by atoms with Gasteiger partial charge in [-0.15, -0.1) is 0 Å². The predicted octanol–water partition coefficient (Wildman–Crippen LogP) is 3.13. The van der Waals surface area contributed by atoms with Gasteiger partial charge in [0.05, 0.1) is 11.2 Å². The molecule has 0 unspecified atom stereocenters. The summed E-state index contributed by atoms with van der Waals surface area (Å²) in [6.07, 6.45) is 2.78. The number of ether oxygens (including phenoxy) is 2. The number of benzene rings is 1. The van der Waals surface area contributed by atoms with Crippen molar-refractivity contribution in [3.05, 3.63) is 48.2 Å². The number of para-hydroxylation sites is 1. The first-order chi connectivity index (χ1) is 10.8. The van der Waals surface area contributed by atoms with Crippen molar-refractivity contribution in [3.8, 4) is 0 Å². The molecule has 1 heterocycles. The van der Waals surface area contributed by atoms with E-state index in [1.807, 2.05) is 30.3 Å². The summed E-state index contributed by atoms with van der Waals surface area (Å²) in [6.45, 7) is 4.83. The molecule has 23 heavy (non-hydrogen) atoms. The molecule has 0 bridgehead atoms. The first-order valence-electron chi connectivity index (χ1n) is 7.26. The molecule has 0 saturated carbocycles. The number of hydrogen-bond donors (Lipinski definition) is 0. The maximum atomic E-state index is 11.6. The van der Waals surface area contributed by atoms with Crippen molar-refractivity contribution in [2.45, 2.75) is 26.4 Å². The van der Waals surface area contributed by atoms with Gasteiger partial charge in [0.2, 0.25) is 0 Å².